The third-order valence-electron chi connectivity index (χ3n) is 3.72. The SMILES string of the molecule is C=C(C)C(=O)OCCC(C(F)(F)F)C(F)(F)C(F)(F)C(F)(F)C(F)(F)C(F)(F)C(F)F. The maximum atomic E-state index is 13.8. The second-order valence-electron chi connectivity index (χ2n) is 6.07. The summed E-state index contributed by atoms with van der Waals surface area (Å²) in [6, 6.07) is 0. The molecule has 0 aliphatic carbocycles. The van der Waals surface area contributed by atoms with E-state index in [1.807, 2.05) is 0 Å². The van der Waals surface area contributed by atoms with Crippen LogP contribution in [0.5, 0.6) is 0 Å². The smallest absolute Gasteiger partial charge is 0.397 e. The molecule has 0 aliphatic heterocycles. The number of rotatable bonds is 10. The van der Waals surface area contributed by atoms with Crippen molar-refractivity contribution in [3.8, 4) is 0 Å². The Morgan fingerprint density at radius 3 is 1.48 bits per heavy atom. The van der Waals surface area contributed by atoms with Crippen LogP contribution in [0.4, 0.5) is 65.9 Å². The van der Waals surface area contributed by atoms with E-state index in [4.69, 9.17) is 0 Å². The molecule has 0 fully saturated rings. The van der Waals surface area contributed by atoms with Crippen molar-refractivity contribution in [2.45, 2.75) is 55.6 Å². The number of alkyl halides is 15. The second-order valence-corrected chi connectivity index (χ2v) is 6.07. The van der Waals surface area contributed by atoms with E-state index in [0.717, 1.165) is 6.92 Å². The zero-order chi connectivity index (χ0) is 25.4. The van der Waals surface area contributed by atoms with Crippen LogP contribution < -0.4 is 0 Å². The van der Waals surface area contributed by atoms with Gasteiger partial charge in [0.15, 0.2) is 0 Å². The molecule has 31 heavy (non-hydrogen) atoms. The lowest BCUT2D eigenvalue weighted by Gasteiger charge is -2.41. The van der Waals surface area contributed by atoms with Gasteiger partial charge in [0.1, 0.15) is 5.92 Å². The Labute approximate surface area is 163 Å². The fourth-order valence-corrected chi connectivity index (χ4v) is 1.91. The molecule has 184 valence electrons. The fraction of sp³-hybridized carbons (Fsp3) is 0.786. The normalized spacial score (nSPS) is 15.8. The third kappa shape index (κ3) is 4.99. The molecule has 0 rings (SSSR count). The van der Waals surface area contributed by atoms with Crippen LogP contribution in [0.1, 0.15) is 13.3 Å². The van der Waals surface area contributed by atoms with Gasteiger partial charge in [0.05, 0.1) is 6.61 Å². The summed E-state index contributed by atoms with van der Waals surface area (Å²) in [7, 11) is 0. The summed E-state index contributed by atoms with van der Waals surface area (Å²) >= 11 is 0. The highest BCUT2D eigenvalue weighted by molar-refractivity contribution is 5.86. The molecule has 0 aromatic rings. The maximum absolute atomic E-state index is 13.8. The Morgan fingerprint density at radius 1 is 0.774 bits per heavy atom. The molecule has 2 nitrogen and oxygen atoms in total. The molecule has 0 spiro atoms. The summed E-state index contributed by atoms with van der Waals surface area (Å²) in [4.78, 5) is 11.0. The summed E-state index contributed by atoms with van der Waals surface area (Å²) in [5.41, 5.74) is -0.527. The van der Waals surface area contributed by atoms with Crippen LogP contribution in [0.2, 0.25) is 0 Å². The van der Waals surface area contributed by atoms with E-state index >= 15 is 0 Å². The number of ether oxygens (including phenoxy) is 1. The summed E-state index contributed by atoms with van der Waals surface area (Å²) in [5, 5.41) is 0. The lowest BCUT2D eigenvalue weighted by Crippen LogP contribution is -2.70. The van der Waals surface area contributed by atoms with Crippen molar-refractivity contribution in [1.82, 2.24) is 0 Å². The zero-order valence-corrected chi connectivity index (χ0v) is 14.8. The summed E-state index contributed by atoms with van der Waals surface area (Å²) < 4.78 is 199. The van der Waals surface area contributed by atoms with Crippen molar-refractivity contribution in [2.24, 2.45) is 5.92 Å². The van der Waals surface area contributed by atoms with Crippen LogP contribution in [-0.2, 0) is 9.53 Å². The van der Waals surface area contributed by atoms with Crippen molar-refractivity contribution in [2.75, 3.05) is 6.61 Å². The van der Waals surface area contributed by atoms with Gasteiger partial charge in [0.25, 0.3) is 0 Å². The summed E-state index contributed by atoms with van der Waals surface area (Å²) in [6.45, 7) is 2.01. The second kappa shape index (κ2) is 8.60. The first-order chi connectivity index (χ1) is 13.4. The number of hydrogen-bond donors (Lipinski definition) is 0. The van der Waals surface area contributed by atoms with Crippen LogP contribution in [0.15, 0.2) is 12.2 Å². The van der Waals surface area contributed by atoms with E-state index in [-0.39, 0.29) is 0 Å². The standard InChI is InChI=1S/C14H11F15O2/c1-5(2)7(30)31-4-3-6(11(21,22)23)9(17,18)12(24,25)14(28,29)13(26,27)10(19,20)8(15)16/h6,8H,1,3-4H2,2H3. The lowest BCUT2D eigenvalue weighted by molar-refractivity contribution is -0.427. The van der Waals surface area contributed by atoms with Gasteiger partial charge >= 0.3 is 48.2 Å². The van der Waals surface area contributed by atoms with E-state index in [9.17, 15) is 70.7 Å². The van der Waals surface area contributed by atoms with Gasteiger partial charge in [-0.05, 0) is 13.3 Å². The van der Waals surface area contributed by atoms with Crippen LogP contribution in [0.3, 0.4) is 0 Å². The minimum atomic E-state index is -8.10. The molecule has 0 saturated heterocycles. The molecule has 0 heterocycles. The van der Waals surface area contributed by atoms with Gasteiger partial charge < -0.3 is 4.74 Å². The molecule has 0 aromatic heterocycles. The number of esters is 1. The van der Waals surface area contributed by atoms with Crippen molar-refractivity contribution in [3.05, 3.63) is 12.2 Å². The average Bonchev–Trinajstić information content (AvgIpc) is 2.55. The van der Waals surface area contributed by atoms with E-state index < -0.39 is 72.7 Å². The molecule has 0 radical (unpaired) electrons. The number of carbonyl (C=O) groups is 1. The Kier molecular flexibility index (Phi) is 8.09. The summed E-state index contributed by atoms with van der Waals surface area (Å²) in [5.74, 6) is -45.0. The molecule has 1 unspecified atom stereocenters. The maximum Gasteiger partial charge on any atom is 0.397 e. The van der Waals surface area contributed by atoms with Crippen LogP contribution >= 0.6 is 0 Å². The third-order valence-corrected chi connectivity index (χ3v) is 3.72. The fourth-order valence-electron chi connectivity index (χ4n) is 1.91. The van der Waals surface area contributed by atoms with E-state index in [1.54, 1.807) is 0 Å². The molecule has 0 aromatic carbocycles. The minimum absolute atomic E-state index is 0.527. The Bertz CT molecular complexity index is 665. The van der Waals surface area contributed by atoms with Crippen molar-refractivity contribution in [1.29, 1.82) is 0 Å². The number of halogens is 15. The monoisotopic (exact) mass is 496 g/mol. The highest BCUT2D eigenvalue weighted by Gasteiger charge is 2.89. The highest BCUT2D eigenvalue weighted by atomic mass is 19.4. The zero-order valence-electron chi connectivity index (χ0n) is 14.8. The molecule has 17 heteroatoms. The first-order valence-electron chi connectivity index (χ1n) is 7.47. The largest absolute Gasteiger partial charge is 0.462 e. The van der Waals surface area contributed by atoms with Crippen LogP contribution in [0, 0.1) is 5.92 Å². The average molecular weight is 496 g/mol. The molecular formula is C14H11F15O2. The van der Waals surface area contributed by atoms with E-state index in [2.05, 4.69) is 11.3 Å². The molecule has 0 N–H and O–H groups in total. The predicted octanol–water partition coefficient (Wildman–Crippen LogP) is 6.12. The van der Waals surface area contributed by atoms with Gasteiger partial charge in [-0.3, -0.25) is 0 Å². The van der Waals surface area contributed by atoms with E-state index in [1.165, 1.54) is 0 Å². The first-order valence-corrected chi connectivity index (χ1v) is 7.47. The van der Waals surface area contributed by atoms with Crippen molar-refractivity contribution < 1.29 is 75.4 Å². The van der Waals surface area contributed by atoms with Crippen molar-refractivity contribution >= 4 is 5.97 Å². The van der Waals surface area contributed by atoms with Gasteiger partial charge in [-0.25, -0.2) is 13.6 Å². The predicted molar refractivity (Wildman–Crippen MR) is 70.7 cm³/mol. The van der Waals surface area contributed by atoms with Gasteiger partial charge in [-0.15, -0.1) is 0 Å². The Hall–Kier alpha value is -1.84. The van der Waals surface area contributed by atoms with Gasteiger partial charge in [0.2, 0.25) is 0 Å². The molecule has 0 bridgehead atoms. The molecule has 0 aliphatic rings. The Morgan fingerprint density at radius 2 is 1.16 bits per heavy atom. The van der Waals surface area contributed by atoms with Crippen molar-refractivity contribution in [3.63, 3.8) is 0 Å². The van der Waals surface area contributed by atoms with Crippen LogP contribution in [0.25, 0.3) is 0 Å². The molecule has 1 atom stereocenters. The van der Waals surface area contributed by atoms with Crippen LogP contribution in [-0.4, -0.2) is 54.8 Å². The lowest BCUT2D eigenvalue weighted by atomic mass is 9.85. The highest BCUT2D eigenvalue weighted by Crippen LogP contribution is 2.61. The first kappa shape index (κ1) is 29.2. The Balaban J connectivity index is 6.28. The number of carbonyl (C=O) groups excluding carboxylic acids is 1. The van der Waals surface area contributed by atoms with E-state index in [0.29, 0.717) is 0 Å². The minimum Gasteiger partial charge on any atom is -0.462 e. The molecular weight excluding hydrogens is 485 g/mol. The van der Waals surface area contributed by atoms with Gasteiger partial charge in [-0.1, -0.05) is 6.58 Å². The number of hydrogen-bond acceptors (Lipinski definition) is 2. The topological polar surface area (TPSA) is 26.3 Å². The molecule has 0 amide bonds. The van der Waals surface area contributed by atoms with Gasteiger partial charge in [0, 0.05) is 5.57 Å². The quantitative estimate of drug-likeness (QED) is 0.207. The van der Waals surface area contributed by atoms with Gasteiger partial charge in [-0.2, -0.15) is 57.1 Å². The molecule has 0 saturated carbocycles. The summed E-state index contributed by atoms with van der Waals surface area (Å²) in [6.07, 6.45) is -14.8.